The van der Waals surface area contributed by atoms with Crippen LogP contribution in [0.1, 0.15) is 6.92 Å². The minimum Gasteiger partial charge on any atom is -0.374 e. The first kappa shape index (κ1) is 8.02. The molecule has 3 nitrogen and oxygen atoms in total. The Bertz CT molecular complexity index is 84.1. The Morgan fingerprint density at radius 3 is 2.50 bits per heavy atom. The lowest BCUT2D eigenvalue weighted by Gasteiger charge is -1.90. The molecule has 0 spiro atoms. The maximum Gasteiger partial charge on any atom is 0.342 e. The zero-order valence-corrected chi connectivity index (χ0v) is 5.77. The molecule has 4 heteroatoms. The molecule has 8 heavy (non-hydrogen) atoms. The topological polar surface area (TPSA) is 63.3 Å². The van der Waals surface area contributed by atoms with Crippen molar-refractivity contribution in [3.05, 3.63) is 0 Å². The second-order valence-corrected chi connectivity index (χ2v) is 3.51. The van der Waals surface area contributed by atoms with Gasteiger partial charge in [-0.1, -0.05) is 4.57 Å². The van der Waals surface area contributed by atoms with Gasteiger partial charge in [0.15, 0.2) is 6.16 Å². The van der Waals surface area contributed by atoms with E-state index in [1.54, 1.807) is 6.92 Å². The molecule has 0 aromatic rings. The van der Waals surface area contributed by atoms with Gasteiger partial charge >= 0.3 is 7.80 Å². The monoisotopic (exact) mass is 136 g/mol. The highest BCUT2D eigenvalue weighted by Crippen LogP contribution is 2.18. The van der Waals surface area contributed by atoms with Crippen molar-refractivity contribution >= 4 is 7.80 Å². The van der Waals surface area contributed by atoms with E-state index >= 15 is 0 Å². The third-order valence-corrected chi connectivity index (χ3v) is 2.23. The summed E-state index contributed by atoms with van der Waals surface area (Å²) in [6, 6.07) is 0. The highest BCUT2D eigenvalue weighted by molar-refractivity contribution is 7.44. The zero-order valence-electron chi connectivity index (χ0n) is 4.87. The second-order valence-electron chi connectivity index (χ2n) is 1.55. The first-order valence-corrected chi connectivity index (χ1v) is 4.15. The molecular weight excluding hydrogens is 125 g/mol. The van der Waals surface area contributed by atoms with E-state index in [4.69, 9.17) is 10.8 Å². The van der Waals surface area contributed by atoms with E-state index in [2.05, 4.69) is 0 Å². The molecule has 0 saturated heterocycles. The van der Waals surface area contributed by atoms with Gasteiger partial charge in [0.1, 0.15) is 12.4 Å². The summed E-state index contributed by atoms with van der Waals surface area (Å²) in [6.07, 6.45) is -0.0753. The second kappa shape index (κ2) is 3.96. The van der Waals surface area contributed by atoms with E-state index in [-0.39, 0.29) is 6.16 Å². The molecule has 0 aromatic heterocycles. The minimum atomic E-state index is -1.24. The third-order valence-electron chi connectivity index (χ3n) is 0.743. The smallest absolute Gasteiger partial charge is 0.342 e. The molecule has 0 amide bonds. The molecule has 0 aliphatic carbocycles. The van der Waals surface area contributed by atoms with Crippen LogP contribution < -0.4 is 5.73 Å². The van der Waals surface area contributed by atoms with E-state index in [9.17, 15) is 4.57 Å². The van der Waals surface area contributed by atoms with Crippen molar-refractivity contribution in [2.45, 2.75) is 13.2 Å². The van der Waals surface area contributed by atoms with Gasteiger partial charge in [0, 0.05) is 0 Å². The van der Waals surface area contributed by atoms with Crippen LogP contribution in [0, 0.1) is 0 Å². The summed E-state index contributed by atoms with van der Waals surface area (Å²) in [5, 5.41) is 8.45. The molecule has 0 rings (SSSR count). The summed E-state index contributed by atoms with van der Waals surface area (Å²) in [6.45, 7) is 1.81. The van der Waals surface area contributed by atoms with Crippen LogP contribution in [0.3, 0.4) is 0 Å². The van der Waals surface area contributed by atoms with Crippen LogP contribution in [0.25, 0.3) is 0 Å². The van der Waals surface area contributed by atoms with Crippen LogP contribution in [0.2, 0.25) is 0 Å². The Kier molecular flexibility index (Phi) is 3.97. The molecule has 2 atom stereocenters. The molecule has 2 unspecified atom stereocenters. The first-order valence-electron chi connectivity index (χ1n) is 2.52. The molecule has 0 aliphatic heterocycles. The summed E-state index contributed by atoms with van der Waals surface area (Å²) in [4.78, 5) is 0. The highest BCUT2D eigenvalue weighted by atomic mass is 31.1. The highest BCUT2D eigenvalue weighted by Gasteiger charge is 2.14. The maximum absolute atomic E-state index is 10.5. The zero-order chi connectivity index (χ0) is 6.57. The molecule has 0 bridgehead atoms. The van der Waals surface area contributed by atoms with Gasteiger partial charge in [-0.25, -0.2) is 0 Å². The van der Waals surface area contributed by atoms with Crippen LogP contribution in [-0.2, 0) is 4.57 Å². The van der Waals surface area contributed by atoms with Crippen LogP contribution in [0.5, 0.6) is 0 Å². The van der Waals surface area contributed by atoms with Crippen LogP contribution in [0.15, 0.2) is 0 Å². The largest absolute Gasteiger partial charge is 0.374 e. The predicted octanol–water partition coefficient (Wildman–Crippen LogP) is 0.111. The molecule has 48 valence electrons. The molecule has 0 aliphatic rings. The van der Waals surface area contributed by atoms with Crippen molar-refractivity contribution in [1.29, 1.82) is 0 Å². The van der Waals surface area contributed by atoms with Gasteiger partial charge in [0.25, 0.3) is 0 Å². The first-order chi connectivity index (χ1) is 3.66. The Hall–Kier alpha value is 0.0200. The van der Waals surface area contributed by atoms with Gasteiger partial charge in [-0.15, -0.1) is 0 Å². The Balaban J connectivity index is 3.25. The van der Waals surface area contributed by atoms with Crippen molar-refractivity contribution in [3.8, 4) is 0 Å². The van der Waals surface area contributed by atoms with Crippen molar-refractivity contribution in [3.63, 3.8) is 0 Å². The van der Waals surface area contributed by atoms with Gasteiger partial charge in [0.2, 0.25) is 0 Å². The van der Waals surface area contributed by atoms with E-state index in [0.29, 0.717) is 6.16 Å². The molecule has 0 saturated carbocycles. The minimum absolute atomic E-state index is 0.228. The van der Waals surface area contributed by atoms with Crippen LogP contribution >= 0.6 is 7.80 Å². The molecule has 0 aromatic carbocycles. The number of hydrogen-bond acceptors (Lipinski definition) is 3. The quantitative estimate of drug-likeness (QED) is 0.427. The van der Waals surface area contributed by atoms with Crippen molar-refractivity contribution in [1.82, 2.24) is 0 Å². The van der Waals surface area contributed by atoms with Crippen LogP contribution in [0.4, 0.5) is 0 Å². The van der Waals surface area contributed by atoms with E-state index < -0.39 is 14.0 Å². The SMILES string of the molecule is CC[P+](=O)CC(N)O. The maximum atomic E-state index is 10.5. The fourth-order valence-electron chi connectivity index (χ4n) is 0.338. The fourth-order valence-corrected chi connectivity index (χ4v) is 1.01. The number of aliphatic hydroxyl groups excluding tert-OH is 1. The molecular formula is C4H11NO2P+. The van der Waals surface area contributed by atoms with Crippen molar-refractivity contribution in [2.75, 3.05) is 12.3 Å². The third kappa shape index (κ3) is 4.19. The van der Waals surface area contributed by atoms with E-state index in [1.807, 2.05) is 0 Å². The number of hydrogen-bond donors (Lipinski definition) is 2. The van der Waals surface area contributed by atoms with Gasteiger partial charge in [-0.05, 0) is 6.92 Å². The Labute approximate surface area is 49.7 Å². The normalized spacial score (nSPS) is 15.6. The summed E-state index contributed by atoms with van der Waals surface area (Å²) >= 11 is 0. The number of rotatable bonds is 3. The molecule has 0 radical (unpaired) electrons. The Morgan fingerprint density at radius 1 is 1.88 bits per heavy atom. The van der Waals surface area contributed by atoms with Gasteiger partial charge < -0.3 is 10.8 Å². The number of nitrogens with two attached hydrogens (primary N) is 1. The van der Waals surface area contributed by atoms with Crippen molar-refractivity contribution < 1.29 is 9.67 Å². The average Bonchev–Trinajstić information content (AvgIpc) is 1.65. The van der Waals surface area contributed by atoms with E-state index in [0.717, 1.165) is 0 Å². The van der Waals surface area contributed by atoms with Crippen LogP contribution in [-0.4, -0.2) is 23.7 Å². The summed E-state index contributed by atoms with van der Waals surface area (Å²) < 4.78 is 10.5. The van der Waals surface area contributed by atoms with Gasteiger partial charge in [-0.2, -0.15) is 0 Å². The number of aliphatic hydroxyl groups is 1. The predicted molar refractivity (Wildman–Crippen MR) is 33.2 cm³/mol. The van der Waals surface area contributed by atoms with Crippen molar-refractivity contribution in [2.24, 2.45) is 5.73 Å². The fraction of sp³-hybridized carbons (Fsp3) is 1.00. The lowest BCUT2D eigenvalue weighted by atomic mass is 10.7. The summed E-state index contributed by atoms with van der Waals surface area (Å²) in [5.41, 5.74) is 4.94. The molecule has 0 heterocycles. The summed E-state index contributed by atoms with van der Waals surface area (Å²) in [7, 11) is -1.24. The van der Waals surface area contributed by atoms with Gasteiger partial charge in [-0.3, -0.25) is 0 Å². The van der Waals surface area contributed by atoms with E-state index in [1.165, 1.54) is 0 Å². The van der Waals surface area contributed by atoms with Gasteiger partial charge in [0.05, 0.1) is 0 Å². The molecule has 0 fully saturated rings. The lowest BCUT2D eigenvalue weighted by Crippen LogP contribution is -2.21. The summed E-state index contributed by atoms with van der Waals surface area (Å²) in [5.74, 6) is 0. The Morgan fingerprint density at radius 2 is 2.38 bits per heavy atom. The standard InChI is InChI=1S/C4H11NO2P/c1-2-8(7)3-4(5)6/h4,6H,2-3,5H2,1H3/q+1. The average molecular weight is 136 g/mol. The molecule has 3 N–H and O–H groups in total. The lowest BCUT2D eigenvalue weighted by molar-refractivity contribution is 0.206.